The SMILES string of the molecule is CN(C)c1ncc2c(n1)C1(CCN(Cc3ccncc3)CC1)OCC2. The highest BCUT2D eigenvalue weighted by atomic mass is 16.5. The third-order valence-corrected chi connectivity index (χ3v) is 5.25. The first-order valence-corrected chi connectivity index (χ1v) is 8.95. The minimum absolute atomic E-state index is 0.240. The maximum absolute atomic E-state index is 6.32. The molecular weight excluding hydrogens is 314 g/mol. The summed E-state index contributed by atoms with van der Waals surface area (Å²) in [6, 6.07) is 4.18. The molecule has 0 radical (unpaired) electrons. The van der Waals surface area contributed by atoms with E-state index in [9.17, 15) is 0 Å². The van der Waals surface area contributed by atoms with E-state index in [0.717, 1.165) is 57.1 Å². The van der Waals surface area contributed by atoms with Crippen LogP contribution in [0.1, 0.15) is 29.7 Å². The molecule has 1 fully saturated rings. The number of ether oxygens (including phenoxy) is 1. The van der Waals surface area contributed by atoms with Gasteiger partial charge in [-0.15, -0.1) is 0 Å². The smallest absolute Gasteiger partial charge is 0.225 e. The van der Waals surface area contributed by atoms with Gasteiger partial charge in [0.1, 0.15) is 5.60 Å². The summed E-state index contributed by atoms with van der Waals surface area (Å²) in [7, 11) is 3.96. The standard InChI is InChI=1S/C19H25N5O/c1-23(2)18-21-13-16-5-12-25-19(17(16)22-18)6-10-24(11-7-19)14-15-3-8-20-9-4-15/h3-4,8-9,13H,5-7,10-12,14H2,1-2H3. The van der Waals surface area contributed by atoms with Crippen LogP contribution in [0.15, 0.2) is 30.7 Å². The molecule has 6 heteroatoms. The number of fused-ring (bicyclic) bond motifs is 2. The molecule has 1 spiro atoms. The Morgan fingerprint density at radius 1 is 1.20 bits per heavy atom. The number of anilines is 1. The molecule has 2 aromatic rings. The number of hydrogen-bond acceptors (Lipinski definition) is 6. The minimum Gasteiger partial charge on any atom is -0.368 e. The van der Waals surface area contributed by atoms with E-state index in [0.29, 0.717) is 0 Å². The van der Waals surface area contributed by atoms with Crippen LogP contribution < -0.4 is 4.90 Å². The highest BCUT2D eigenvalue weighted by Crippen LogP contribution is 2.40. The maximum atomic E-state index is 6.32. The summed E-state index contributed by atoms with van der Waals surface area (Å²) in [5.74, 6) is 0.767. The second-order valence-electron chi connectivity index (χ2n) is 7.16. The van der Waals surface area contributed by atoms with E-state index in [1.165, 1.54) is 11.1 Å². The molecule has 1 saturated heterocycles. The number of aromatic nitrogens is 3. The van der Waals surface area contributed by atoms with E-state index in [4.69, 9.17) is 9.72 Å². The van der Waals surface area contributed by atoms with Crippen LogP contribution in [-0.4, -0.2) is 53.6 Å². The molecule has 4 heterocycles. The predicted molar refractivity (Wildman–Crippen MR) is 96.4 cm³/mol. The highest BCUT2D eigenvalue weighted by Gasteiger charge is 2.42. The van der Waals surface area contributed by atoms with Crippen LogP contribution in [0, 0.1) is 0 Å². The van der Waals surface area contributed by atoms with Gasteiger partial charge < -0.3 is 9.64 Å². The van der Waals surface area contributed by atoms with Gasteiger partial charge in [0.05, 0.1) is 12.3 Å². The number of likely N-dealkylation sites (tertiary alicyclic amines) is 1. The predicted octanol–water partition coefficient (Wildman–Crippen LogP) is 2.00. The molecule has 0 atom stereocenters. The molecule has 25 heavy (non-hydrogen) atoms. The van der Waals surface area contributed by atoms with Gasteiger partial charge in [0.2, 0.25) is 5.95 Å². The zero-order chi connectivity index (χ0) is 17.3. The fourth-order valence-corrected chi connectivity index (χ4v) is 3.81. The van der Waals surface area contributed by atoms with Crippen LogP contribution in [-0.2, 0) is 23.3 Å². The Bertz CT molecular complexity index is 726. The van der Waals surface area contributed by atoms with Gasteiger partial charge in [-0.1, -0.05) is 0 Å². The lowest BCUT2D eigenvalue weighted by Crippen LogP contribution is -2.47. The molecule has 2 aliphatic heterocycles. The van der Waals surface area contributed by atoms with Crippen LogP contribution >= 0.6 is 0 Å². The Hall–Kier alpha value is -2.05. The molecule has 0 saturated carbocycles. The largest absolute Gasteiger partial charge is 0.368 e. The van der Waals surface area contributed by atoms with Crippen LogP contribution in [0.5, 0.6) is 0 Å². The summed E-state index contributed by atoms with van der Waals surface area (Å²) in [6.07, 6.45) is 8.59. The van der Waals surface area contributed by atoms with Crippen LogP contribution in [0.3, 0.4) is 0 Å². The van der Waals surface area contributed by atoms with Gasteiger partial charge in [-0.05, 0) is 42.5 Å². The lowest BCUT2D eigenvalue weighted by atomic mass is 9.83. The van der Waals surface area contributed by atoms with Crippen molar-refractivity contribution in [3.63, 3.8) is 0 Å². The number of pyridine rings is 1. The molecule has 0 aromatic carbocycles. The van der Waals surface area contributed by atoms with Crippen LogP contribution in [0.2, 0.25) is 0 Å². The minimum atomic E-state index is -0.240. The molecule has 2 aromatic heterocycles. The quantitative estimate of drug-likeness (QED) is 0.853. The van der Waals surface area contributed by atoms with Crippen molar-refractivity contribution in [1.29, 1.82) is 0 Å². The molecule has 0 N–H and O–H groups in total. The zero-order valence-corrected chi connectivity index (χ0v) is 15.0. The highest BCUT2D eigenvalue weighted by molar-refractivity contribution is 5.35. The normalized spacial score (nSPS) is 19.6. The summed E-state index contributed by atoms with van der Waals surface area (Å²) in [5, 5.41) is 0. The Labute approximate surface area is 148 Å². The Balaban J connectivity index is 1.52. The lowest BCUT2D eigenvalue weighted by molar-refractivity contribution is -0.102. The molecule has 6 nitrogen and oxygen atoms in total. The average molecular weight is 339 g/mol. The van der Waals surface area contributed by atoms with Gasteiger partial charge in [0, 0.05) is 52.3 Å². The monoisotopic (exact) mass is 339 g/mol. The van der Waals surface area contributed by atoms with Crippen LogP contribution in [0.4, 0.5) is 5.95 Å². The lowest BCUT2D eigenvalue weighted by Gasteiger charge is -2.44. The summed E-state index contributed by atoms with van der Waals surface area (Å²) in [6.45, 7) is 3.77. The number of piperidine rings is 1. The van der Waals surface area contributed by atoms with Crippen molar-refractivity contribution in [2.24, 2.45) is 0 Å². The van der Waals surface area contributed by atoms with Crippen molar-refractivity contribution in [2.45, 2.75) is 31.4 Å². The third-order valence-electron chi connectivity index (χ3n) is 5.25. The Kier molecular flexibility index (Phi) is 4.39. The van der Waals surface area contributed by atoms with E-state index in [1.54, 1.807) is 0 Å². The topological polar surface area (TPSA) is 54.4 Å². The molecule has 132 valence electrons. The molecule has 0 amide bonds. The summed E-state index contributed by atoms with van der Waals surface area (Å²) in [4.78, 5) is 17.9. The summed E-state index contributed by atoms with van der Waals surface area (Å²) < 4.78 is 6.32. The third kappa shape index (κ3) is 3.24. The van der Waals surface area contributed by atoms with E-state index >= 15 is 0 Å². The van der Waals surface area contributed by atoms with Crippen molar-refractivity contribution < 1.29 is 4.74 Å². The fourth-order valence-electron chi connectivity index (χ4n) is 3.81. The van der Waals surface area contributed by atoms with E-state index in [2.05, 4.69) is 27.0 Å². The number of nitrogens with zero attached hydrogens (tertiary/aromatic N) is 5. The van der Waals surface area contributed by atoms with Gasteiger partial charge in [0.25, 0.3) is 0 Å². The molecule has 0 unspecified atom stereocenters. The first-order valence-electron chi connectivity index (χ1n) is 8.95. The average Bonchev–Trinajstić information content (AvgIpc) is 2.65. The van der Waals surface area contributed by atoms with E-state index in [1.807, 2.05) is 37.6 Å². The maximum Gasteiger partial charge on any atom is 0.225 e. The fraction of sp³-hybridized carbons (Fsp3) is 0.526. The van der Waals surface area contributed by atoms with Crippen LogP contribution in [0.25, 0.3) is 0 Å². The summed E-state index contributed by atoms with van der Waals surface area (Å²) >= 11 is 0. The second kappa shape index (κ2) is 6.69. The van der Waals surface area contributed by atoms with Gasteiger partial charge in [-0.2, -0.15) is 0 Å². The Morgan fingerprint density at radius 3 is 2.68 bits per heavy atom. The van der Waals surface area contributed by atoms with Crippen molar-refractivity contribution in [3.05, 3.63) is 47.5 Å². The van der Waals surface area contributed by atoms with Crippen molar-refractivity contribution >= 4 is 5.95 Å². The number of hydrogen-bond donors (Lipinski definition) is 0. The molecule has 4 rings (SSSR count). The van der Waals surface area contributed by atoms with Gasteiger partial charge in [-0.25, -0.2) is 9.97 Å². The molecular formula is C19H25N5O. The van der Waals surface area contributed by atoms with Gasteiger partial charge >= 0.3 is 0 Å². The molecule has 2 aliphatic rings. The van der Waals surface area contributed by atoms with E-state index in [-0.39, 0.29) is 5.60 Å². The van der Waals surface area contributed by atoms with Gasteiger partial charge in [0.15, 0.2) is 0 Å². The van der Waals surface area contributed by atoms with Crippen molar-refractivity contribution in [2.75, 3.05) is 38.7 Å². The zero-order valence-electron chi connectivity index (χ0n) is 15.0. The molecule has 0 aliphatic carbocycles. The Morgan fingerprint density at radius 2 is 1.96 bits per heavy atom. The first kappa shape index (κ1) is 16.4. The van der Waals surface area contributed by atoms with E-state index < -0.39 is 0 Å². The first-order chi connectivity index (χ1) is 12.2. The van der Waals surface area contributed by atoms with Crippen molar-refractivity contribution in [3.8, 4) is 0 Å². The number of rotatable bonds is 3. The molecule has 0 bridgehead atoms. The second-order valence-corrected chi connectivity index (χ2v) is 7.16. The summed E-state index contributed by atoms with van der Waals surface area (Å²) in [5.41, 5.74) is 3.43. The van der Waals surface area contributed by atoms with Crippen molar-refractivity contribution in [1.82, 2.24) is 19.9 Å². The van der Waals surface area contributed by atoms with Gasteiger partial charge in [-0.3, -0.25) is 9.88 Å².